The summed E-state index contributed by atoms with van der Waals surface area (Å²) in [6, 6.07) is 8.87. The number of aliphatic hydroxyl groups excluding tert-OH is 2. The number of amides is 2. The SMILES string of the molecule is CC(C)(C)OC(=O)N[C@@H](CCC(=O)OCc1ccccc1)C(=O)NC[C@H]1O[C@@H](n2ccc(=O)[nH]c2=O)[C@H](O)[C@@H]1O. The predicted octanol–water partition coefficient (Wildman–Crippen LogP) is -0.311. The number of aromatic amines is 1. The topological polar surface area (TPSA) is 198 Å². The first-order chi connectivity index (χ1) is 18.8. The minimum absolute atomic E-state index is 0.0504. The summed E-state index contributed by atoms with van der Waals surface area (Å²) in [5, 5.41) is 25.8. The number of rotatable bonds is 10. The van der Waals surface area contributed by atoms with Crippen LogP contribution in [0.4, 0.5) is 4.79 Å². The first-order valence-corrected chi connectivity index (χ1v) is 12.6. The van der Waals surface area contributed by atoms with Crippen molar-refractivity contribution in [2.24, 2.45) is 0 Å². The molecule has 2 heterocycles. The van der Waals surface area contributed by atoms with Crippen LogP contribution >= 0.6 is 0 Å². The van der Waals surface area contributed by atoms with Gasteiger partial charge in [0.05, 0.1) is 0 Å². The van der Waals surface area contributed by atoms with Gasteiger partial charge in [-0.2, -0.15) is 0 Å². The number of nitrogens with zero attached hydrogens (tertiary/aromatic N) is 1. The van der Waals surface area contributed by atoms with Crippen LogP contribution in [-0.2, 0) is 30.4 Å². The van der Waals surface area contributed by atoms with Crippen molar-refractivity contribution < 1.29 is 38.8 Å². The van der Waals surface area contributed by atoms with Crippen molar-refractivity contribution in [3.63, 3.8) is 0 Å². The Kier molecular flexibility index (Phi) is 10.2. The number of esters is 1. The van der Waals surface area contributed by atoms with Gasteiger partial charge < -0.3 is 35.1 Å². The molecule has 0 bridgehead atoms. The quantitative estimate of drug-likeness (QED) is 0.239. The number of carbonyl (C=O) groups is 3. The first kappa shape index (κ1) is 30.5. The minimum atomic E-state index is -1.54. The molecule has 5 N–H and O–H groups in total. The number of carbonyl (C=O) groups excluding carboxylic acids is 3. The molecule has 1 aromatic carbocycles. The van der Waals surface area contributed by atoms with Gasteiger partial charge in [-0.15, -0.1) is 0 Å². The van der Waals surface area contributed by atoms with E-state index in [1.807, 2.05) is 11.1 Å². The molecular formula is C26H34N4O10. The van der Waals surface area contributed by atoms with E-state index in [9.17, 15) is 34.2 Å². The lowest BCUT2D eigenvalue weighted by Crippen LogP contribution is -2.50. The number of ether oxygens (including phenoxy) is 3. The van der Waals surface area contributed by atoms with Crippen molar-refractivity contribution >= 4 is 18.0 Å². The number of aromatic nitrogens is 2. The Bertz CT molecular complexity index is 1290. The zero-order valence-electron chi connectivity index (χ0n) is 22.4. The normalized spacial score (nSPS) is 21.3. The Morgan fingerprint density at radius 3 is 2.45 bits per heavy atom. The van der Waals surface area contributed by atoms with Crippen LogP contribution in [0.3, 0.4) is 0 Å². The van der Waals surface area contributed by atoms with Crippen molar-refractivity contribution in [3.8, 4) is 0 Å². The van der Waals surface area contributed by atoms with Crippen LogP contribution in [0.2, 0.25) is 0 Å². The van der Waals surface area contributed by atoms with Crippen LogP contribution in [0.15, 0.2) is 52.2 Å². The fourth-order valence-electron chi connectivity index (χ4n) is 3.87. The molecule has 1 aliphatic rings. The molecule has 1 aliphatic heterocycles. The van der Waals surface area contributed by atoms with Gasteiger partial charge in [0.1, 0.15) is 36.6 Å². The van der Waals surface area contributed by atoms with E-state index in [4.69, 9.17) is 14.2 Å². The number of H-pyrrole nitrogens is 1. The Morgan fingerprint density at radius 1 is 1.10 bits per heavy atom. The highest BCUT2D eigenvalue weighted by Gasteiger charge is 2.44. The van der Waals surface area contributed by atoms with E-state index in [1.165, 1.54) is 0 Å². The van der Waals surface area contributed by atoms with Gasteiger partial charge in [-0.25, -0.2) is 9.59 Å². The molecule has 5 atom stereocenters. The van der Waals surface area contributed by atoms with Gasteiger partial charge in [0.25, 0.3) is 5.56 Å². The van der Waals surface area contributed by atoms with Crippen LogP contribution in [0.25, 0.3) is 0 Å². The van der Waals surface area contributed by atoms with E-state index in [0.29, 0.717) is 0 Å². The Labute approximate surface area is 229 Å². The number of nitrogens with one attached hydrogen (secondary N) is 3. The van der Waals surface area contributed by atoms with E-state index in [1.54, 1.807) is 45.0 Å². The smallest absolute Gasteiger partial charge is 0.408 e. The molecule has 40 heavy (non-hydrogen) atoms. The average molecular weight is 563 g/mol. The van der Waals surface area contributed by atoms with E-state index in [0.717, 1.165) is 22.4 Å². The van der Waals surface area contributed by atoms with Crippen molar-refractivity contribution in [2.75, 3.05) is 6.54 Å². The Morgan fingerprint density at radius 2 is 1.80 bits per heavy atom. The summed E-state index contributed by atoms with van der Waals surface area (Å²) in [6.45, 7) is 4.69. The van der Waals surface area contributed by atoms with Crippen LogP contribution in [0.5, 0.6) is 0 Å². The van der Waals surface area contributed by atoms with E-state index < -0.39 is 65.4 Å². The predicted molar refractivity (Wildman–Crippen MR) is 139 cm³/mol. The molecule has 14 heteroatoms. The maximum atomic E-state index is 13.0. The number of aliphatic hydroxyl groups is 2. The van der Waals surface area contributed by atoms with E-state index in [2.05, 4.69) is 10.6 Å². The van der Waals surface area contributed by atoms with E-state index in [-0.39, 0.29) is 26.0 Å². The number of hydrogen-bond acceptors (Lipinski definition) is 10. The molecule has 0 aliphatic carbocycles. The lowest BCUT2D eigenvalue weighted by molar-refractivity contribution is -0.145. The van der Waals surface area contributed by atoms with Crippen LogP contribution < -0.4 is 21.9 Å². The zero-order chi connectivity index (χ0) is 29.4. The molecule has 2 amide bonds. The van der Waals surface area contributed by atoms with Crippen molar-refractivity contribution in [1.29, 1.82) is 0 Å². The maximum Gasteiger partial charge on any atom is 0.408 e. The maximum absolute atomic E-state index is 13.0. The summed E-state index contributed by atoms with van der Waals surface area (Å²) >= 11 is 0. The molecule has 1 aromatic heterocycles. The van der Waals surface area contributed by atoms with Crippen molar-refractivity contribution in [3.05, 3.63) is 69.0 Å². The average Bonchev–Trinajstić information content (AvgIpc) is 3.16. The molecule has 1 saturated heterocycles. The zero-order valence-corrected chi connectivity index (χ0v) is 22.4. The third-order valence-corrected chi connectivity index (χ3v) is 5.83. The Hall–Kier alpha value is -4.01. The van der Waals surface area contributed by atoms with Crippen LogP contribution in [0.1, 0.15) is 45.4 Å². The van der Waals surface area contributed by atoms with Gasteiger partial charge in [0.15, 0.2) is 6.23 Å². The molecule has 218 valence electrons. The van der Waals surface area contributed by atoms with Gasteiger partial charge in [-0.05, 0) is 32.8 Å². The summed E-state index contributed by atoms with van der Waals surface area (Å²) in [6.07, 6.45) is -5.58. The highest BCUT2D eigenvalue weighted by Crippen LogP contribution is 2.27. The molecule has 1 fully saturated rings. The van der Waals surface area contributed by atoms with Gasteiger partial charge in [0, 0.05) is 25.2 Å². The molecule has 0 saturated carbocycles. The largest absolute Gasteiger partial charge is 0.461 e. The fraction of sp³-hybridized carbons (Fsp3) is 0.500. The molecule has 0 unspecified atom stereocenters. The monoisotopic (exact) mass is 562 g/mol. The number of benzene rings is 1. The molecule has 14 nitrogen and oxygen atoms in total. The lowest BCUT2D eigenvalue weighted by Gasteiger charge is -2.24. The summed E-state index contributed by atoms with van der Waals surface area (Å²) in [4.78, 5) is 63.1. The molecule has 2 aromatic rings. The highest BCUT2D eigenvalue weighted by atomic mass is 16.6. The number of hydrogen-bond donors (Lipinski definition) is 5. The third-order valence-electron chi connectivity index (χ3n) is 5.83. The summed E-state index contributed by atoms with van der Waals surface area (Å²) in [7, 11) is 0. The Balaban J connectivity index is 1.61. The first-order valence-electron chi connectivity index (χ1n) is 12.6. The highest BCUT2D eigenvalue weighted by molar-refractivity contribution is 5.86. The second-order valence-corrected chi connectivity index (χ2v) is 10.2. The molecule has 0 spiro atoms. The molecular weight excluding hydrogens is 528 g/mol. The van der Waals surface area contributed by atoms with Gasteiger partial charge in [-0.1, -0.05) is 30.3 Å². The van der Waals surface area contributed by atoms with Gasteiger partial charge >= 0.3 is 17.8 Å². The third kappa shape index (κ3) is 8.76. The fourth-order valence-corrected chi connectivity index (χ4v) is 3.87. The van der Waals surface area contributed by atoms with Crippen LogP contribution in [0, 0.1) is 0 Å². The van der Waals surface area contributed by atoms with E-state index >= 15 is 0 Å². The second-order valence-electron chi connectivity index (χ2n) is 10.2. The van der Waals surface area contributed by atoms with Crippen molar-refractivity contribution in [1.82, 2.24) is 20.2 Å². The summed E-state index contributed by atoms with van der Waals surface area (Å²) in [5.74, 6) is -1.30. The van der Waals surface area contributed by atoms with Gasteiger partial charge in [0.2, 0.25) is 5.91 Å². The van der Waals surface area contributed by atoms with Gasteiger partial charge in [-0.3, -0.25) is 23.9 Å². The molecule has 0 radical (unpaired) electrons. The molecule has 3 rings (SSSR count). The van der Waals surface area contributed by atoms with Crippen molar-refractivity contribution in [2.45, 2.75) is 76.4 Å². The summed E-state index contributed by atoms with van der Waals surface area (Å²) < 4.78 is 16.9. The summed E-state index contributed by atoms with van der Waals surface area (Å²) in [5.41, 5.74) is -1.55. The van der Waals surface area contributed by atoms with Crippen LogP contribution in [-0.4, -0.2) is 74.2 Å². The lowest BCUT2D eigenvalue weighted by atomic mass is 10.1. The second kappa shape index (κ2) is 13.4. The number of alkyl carbamates (subject to hydrolysis) is 1. The standard InChI is InChI=1S/C26H34N4O10/c1-26(2,3)40-25(37)28-16(9-10-19(32)38-14-15-7-5-4-6-8-15)22(35)27-13-17-20(33)21(34)23(39-17)30-12-11-18(31)29-24(30)36/h4-8,11-12,16-17,20-21,23,33-34H,9-10,13-14H2,1-3H3,(H,27,35)(H,28,37)(H,29,31,36)/t16-,17+,20+,21+,23+/m0/s1. The minimum Gasteiger partial charge on any atom is -0.461 e.